The van der Waals surface area contributed by atoms with Crippen molar-refractivity contribution in [3.63, 3.8) is 0 Å². The van der Waals surface area contributed by atoms with Crippen molar-refractivity contribution < 1.29 is 19.0 Å². The number of fused-ring (bicyclic) bond motifs is 3. The van der Waals surface area contributed by atoms with E-state index in [4.69, 9.17) is 14.2 Å². The van der Waals surface area contributed by atoms with Gasteiger partial charge in [0.1, 0.15) is 0 Å². The Morgan fingerprint density at radius 1 is 1.13 bits per heavy atom. The van der Waals surface area contributed by atoms with E-state index in [9.17, 15) is 4.79 Å². The molecule has 0 radical (unpaired) electrons. The van der Waals surface area contributed by atoms with Crippen LogP contribution >= 0.6 is 0 Å². The summed E-state index contributed by atoms with van der Waals surface area (Å²) in [5.41, 5.74) is 4.74. The molecule has 0 N–H and O–H groups in total. The zero-order chi connectivity index (χ0) is 16.4. The summed E-state index contributed by atoms with van der Waals surface area (Å²) >= 11 is 0. The maximum Gasteiger partial charge on any atom is 0.305 e. The van der Waals surface area contributed by atoms with Crippen LogP contribution in [-0.4, -0.2) is 31.9 Å². The van der Waals surface area contributed by atoms with E-state index in [2.05, 4.69) is 22.8 Å². The van der Waals surface area contributed by atoms with E-state index in [-0.39, 0.29) is 5.97 Å². The highest BCUT2D eigenvalue weighted by atomic mass is 16.5. The lowest BCUT2D eigenvalue weighted by Crippen LogP contribution is -2.14. The molecule has 0 saturated carbocycles. The van der Waals surface area contributed by atoms with E-state index < -0.39 is 0 Å². The van der Waals surface area contributed by atoms with Gasteiger partial charge in [-0.2, -0.15) is 0 Å². The van der Waals surface area contributed by atoms with E-state index in [1.807, 2.05) is 6.07 Å². The van der Waals surface area contributed by atoms with Crippen molar-refractivity contribution in [3.05, 3.63) is 35.5 Å². The second kappa shape index (κ2) is 6.36. The third-order valence-electron chi connectivity index (χ3n) is 4.37. The quantitative estimate of drug-likeness (QED) is 0.796. The molecule has 0 bridgehead atoms. The summed E-state index contributed by atoms with van der Waals surface area (Å²) in [6, 6.07) is 8.28. The minimum atomic E-state index is -0.178. The zero-order valence-electron chi connectivity index (χ0n) is 13.7. The van der Waals surface area contributed by atoms with E-state index >= 15 is 0 Å². The maximum absolute atomic E-state index is 11.4. The Morgan fingerprint density at radius 2 is 1.87 bits per heavy atom. The lowest BCUT2D eigenvalue weighted by atomic mass is 9.97. The van der Waals surface area contributed by atoms with Crippen LogP contribution in [-0.2, 0) is 28.9 Å². The molecular weight excluding hydrogens is 294 g/mol. The third kappa shape index (κ3) is 2.79. The van der Waals surface area contributed by atoms with Crippen molar-refractivity contribution >= 4 is 5.97 Å². The number of aryl methyl sites for hydroxylation is 2. The minimum absolute atomic E-state index is 0.178. The summed E-state index contributed by atoms with van der Waals surface area (Å²) in [5.74, 6) is 1.32. The van der Waals surface area contributed by atoms with Gasteiger partial charge in [0.15, 0.2) is 11.5 Å². The predicted octanol–water partition coefficient (Wildman–Crippen LogP) is 2.83. The second-order valence-electron chi connectivity index (χ2n) is 5.55. The smallest absolute Gasteiger partial charge is 0.305 e. The summed E-state index contributed by atoms with van der Waals surface area (Å²) in [5, 5.41) is 0. The molecule has 0 aliphatic carbocycles. The summed E-state index contributed by atoms with van der Waals surface area (Å²) in [4.78, 5) is 11.4. The van der Waals surface area contributed by atoms with Gasteiger partial charge in [-0.3, -0.25) is 4.79 Å². The molecule has 2 heterocycles. The standard InChI is InChI=1S/C18H21NO4/c1-21-16-10-12-8-9-19-13(5-7-18(20)23-3)4-6-15(19)14(12)11-17(16)22-2/h4,6,10-11H,5,7-9H2,1-3H3. The van der Waals surface area contributed by atoms with Gasteiger partial charge in [0.25, 0.3) is 0 Å². The van der Waals surface area contributed by atoms with Crippen molar-refractivity contribution in [1.82, 2.24) is 4.57 Å². The van der Waals surface area contributed by atoms with Gasteiger partial charge in [-0.1, -0.05) is 0 Å². The Kier molecular flexibility index (Phi) is 4.28. The molecule has 0 amide bonds. The van der Waals surface area contributed by atoms with Gasteiger partial charge in [-0.05, 0) is 42.7 Å². The SMILES string of the molecule is COC(=O)CCc1ccc2n1CCc1cc(OC)c(OC)cc1-2. The normalized spacial score (nSPS) is 12.3. The Balaban J connectivity index is 1.95. The molecule has 0 unspecified atom stereocenters. The van der Waals surface area contributed by atoms with E-state index in [1.165, 1.54) is 18.2 Å². The van der Waals surface area contributed by atoms with E-state index in [0.29, 0.717) is 12.8 Å². The first-order valence-electron chi connectivity index (χ1n) is 7.68. The molecule has 1 aromatic carbocycles. The lowest BCUT2D eigenvalue weighted by Gasteiger charge is -2.23. The fourth-order valence-electron chi connectivity index (χ4n) is 3.16. The zero-order valence-corrected chi connectivity index (χ0v) is 13.7. The number of hydrogen-bond donors (Lipinski definition) is 0. The fourth-order valence-corrected chi connectivity index (χ4v) is 3.16. The number of esters is 1. The Bertz CT molecular complexity index is 733. The molecule has 23 heavy (non-hydrogen) atoms. The largest absolute Gasteiger partial charge is 0.493 e. The van der Waals surface area contributed by atoms with E-state index in [1.54, 1.807) is 14.2 Å². The predicted molar refractivity (Wildman–Crippen MR) is 87.0 cm³/mol. The molecule has 5 heteroatoms. The second-order valence-corrected chi connectivity index (χ2v) is 5.55. The van der Waals surface area contributed by atoms with Crippen molar-refractivity contribution in [3.8, 4) is 22.8 Å². The van der Waals surface area contributed by atoms with Crippen LogP contribution in [0.4, 0.5) is 0 Å². The molecule has 0 saturated heterocycles. The van der Waals surface area contributed by atoms with Gasteiger partial charge in [-0.15, -0.1) is 0 Å². The monoisotopic (exact) mass is 315 g/mol. The highest BCUT2D eigenvalue weighted by Gasteiger charge is 2.21. The molecule has 2 aromatic rings. The van der Waals surface area contributed by atoms with Crippen LogP contribution in [0.15, 0.2) is 24.3 Å². The van der Waals surface area contributed by atoms with Crippen molar-refractivity contribution in [2.45, 2.75) is 25.8 Å². The average molecular weight is 315 g/mol. The topological polar surface area (TPSA) is 49.7 Å². The summed E-state index contributed by atoms with van der Waals surface area (Å²) in [6.07, 6.45) is 2.02. The lowest BCUT2D eigenvalue weighted by molar-refractivity contribution is -0.140. The van der Waals surface area contributed by atoms with Gasteiger partial charge >= 0.3 is 5.97 Å². The molecule has 1 aliphatic rings. The van der Waals surface area contributed by atoms with Crippen LogP contribution < -0.4 is 9.47 Å². The number of carbonyl (C=O) groups is 1. The van der Waals surface area contributed by atoms with Crippen LogP contribution in [0.2, 0.25) is 0 Å². The number of methoxy groups -OCH3 is 3. The molecule has 1 aromatic heterocycles. The molecule has 0 fully saturated rings. The number of benzene rings is 1. The van der Waals surface area contributed by atoms with Gasteiger partial charge in [0.2, 0.25) is 0 Å². The summed E-state index contributed by atoms with van der Waals surface area (Å²) in [6.45, 7) is 0.904. The summed E-state index contributed by atoms with van der Waals surface area (Å²) < 4.78 is 17.8. The van der Waals surface area contributed by atoms with E-state index in [0.717, 1.165) is 35.9 Å². The molecule has 0 spiro atoms. The molecule has 0 atom stereocenters. The molecule has 1 aliphatic heterocycles. The molecule has 3 rings (SSSR count). The first-order chi connectivity index (χ1) is 11.2. The fraction of sp³-hybridized carbons (Fsp3) is 0.389. The Hall–Kier alpha value is -2.43. The average Bonchev–Trinajstić information content (AvgIpc) is 3.01. The van der Waals surface area contributed by atoms with Crippen molar-refractivity contribution in [2.75, 3.05) is 21.3 Å². The minimum Gasteiger partial charge on any atom is -0.493 e. The van der Waals surface area contributed by atoms with Gasteiger partial charge in [-0.25, -0.2) is 0 Å². The molecule has 122 valence electrons. The van der Waals surface area contributed by atoms with Crippen LogP contribution in [0.25, 0.3) is 11.3 Å². The van der Waals surface area contributed by atoms with Crippen LogP contribution in [0.3, 0.4) is 0 Å². The number of hydrogen-bond acceptors (Lipinski definition) is 4. The first-order valence-corrected chi connectivity index (χ1v) is 7.68. The number of carbonyl (C=O) groups excluding carboxylic acids is 1. The van der Waals surface area contributed by atoms with Crippen molar-refractivity contribution in [2.24, 2.45) is 0 Å². The number of aromatic nitrogens is 1. The van der Waals surface area contributed by atoms with Crippen LogP contribution in [0.1, 0.15) is 17.7 Å². The Morgan fingerprint density at radius 3 is 2.57 bits per heavy atom. The third-order valence-corrected chi connectivity index (χ3v) is 4.37. The van der Waals surface area contributed by atoms with Crippen LogP contribution in [0.5, 0.6) is 11.5 Å². The summed E-state index contributed by atoms with van der Waals surface area (Å²) in [7, 11) is 4.72. The molecular formula is C18H21NO4. The number of nitrogens with zero attached hydrogens (tertiary/aromatic N) is 1. The number of rotatable bonds is 5. The van der Waals surface area contributed by atoms with Crippen molar-refractivity contribution in [1.29, 1.82) is 0 Å². The first kappa shape index (κ1) is 15.5. The number of ether oxygens (including phenoxy) is 3. The maximum atomic E-state index is 11.4. The van der Waals surface area contributed by atoms with Gasteiger partial charge in [0.05, 0.1) is 27.8 Å². The highest BCUT2D eigenvalue weighted by molar-refractivity contribution is 5.72. The Labute approximate surface area is 135 Å². The van der Waals surface area contributed by atoms with Crippen LogP contribution in [0, 0.1) is 0 Å². The highest BCUT2D eigenvalue weighted by Crippen LogP contribution is 2.39. The van der Waals surface area contributed by atoms with Gasteiger partial charge < -0.3 is 18.8 Å². The molecule has 5 nitrogen and oxygen atoms in total. The van der Waals surface area contributed by atoms with Gasteiger partial charge in [0, 0.05) is 23.5 Å².